The number of rotatable bonds is 4. The molecule has 134 valence electrons. The fourth-order valence-corrected chi connectivity index (χ4v) is 3.74. The van der Waals surface area contributed by atoms with Crippen LogP contribution in [0.4, 0.5) is 11.6 Å². The summed E-state index contributed by atoms with van der Waals surface area (Å²) in [5.41, 5.74) is 0.836. The number of hydrogen-bond donors (Lipinski definition) is 1. The Labute approximate surface area is 149 Å². The molecule has 2 atom stereocenters. The van der Waals surface area contributed by atoms with Gasteiger partial charge in [-0.1, -0.05) is 43.2 Å². The van der Waals surface area contributed by atoms with Gasteiger partial charge in [-0.2, -0.15) is 0 Å². The molecule has 8 heteroatoms. The molecule has 1 aliphatic heterocycles. The van der Waals surface area contributed by atoms with Gasteiger partial charge >= 0.3 is 0 Å². The summed E-state index contributed by atoms with van der Waals surface area (Å²) in [7, 11) is 0. The van der Waals surface area contributed by atoms with Crippen molar-refractivity contribution in [3.63, 3.8) is 0 Å². The van der Waals surface area contributed by atoms with Crippen molar-refractivity contribution in [1.82, 2.24) is 10.3 Å². The highest BCUT2D eigenvalue weighted by molar-refractivity contribution is 6.22. The standard InChI is InChI=1S/C18H18N4O4/c23-14(10-11-6-2-1-3-7-11)19-15-16(21-26-20-15)22-17(24)12-8-4-5-9-13(12)18(22)25/h1-3,6-7,12-13H,4-5,8-10H2,(H,19,20,23)/t12-,13+. The summed E-state index contributed by atoms with van der Waals surface area (Å²) in [5.74, 6) is -1.55. The molecular weight excluding hydrogens is 336 g/mol. The van der Waals surface area contributed by atoms with E-state index in [1.165, 1.54) is 0 Å². The highest BCUT2D eigenvalue weighted by atomic mass is 16.6. The van der Waals surface area contributed by atoms with Crippen molar-refractivity contribution in [1.29, 1.82) is 0 Å². The lowest BCUT2D eigenvalue weighted by Gasteiger charge is -2.19. The molecule has 1 aliphatic carbocycles. The first-order valence-electron chi connectivity index (χ1n) is 8.69. The number of imide groups is 1. The van der Waals surface area contributed by atoms with Crippen LogP contribution in [-0.4, -0.2) is 28.0 Å². The van der Waals surface area contributed by atoms with Crippen molar-refractivity contribution in [2.45, 2.75) is 32.1 Å². The minimum Gasteiger partial charge on any atom is -0.304 e. The van der Waals surface area contributed by atoms with Gasteiger partial charge in [0.05, 0.1) is 18.3 Å². The van der Waals surface area contributed by atoms with E-state index >= 15 is 0 Å². The lowest BCUT2D eigenvalue weighted by atomic mass is 9.81. The average Bonchev–Trinajstić information content (AvgIpc) is 3.19. The zero-order chi connectivity index (χ0) is 18.1. The molecule has 8 nitrogen and oxygen atoms in total. The van der Waals surface area contributed by atoms with Crippen LogP contribution >= 0.6 is 0 Å². The number of nitrogens with zero attached hydrogens (tertiary/aromatic N) is 3. The number of aromatic nitrogens is 2. The first kappa shape index (κ1) is 16.4. The highest BCUT2D eigenvalue weighted by Gasteiger charge is 2.50. The van der Waals surface area contributed by atoms with Gasteiger partial charge in [-0.05, 0) is 28.7 Å². The Hall–Kier alpha value is -3.03. The minimum absolute atomic E-state index is 0.00808. The van der Waals surface area contributed by atoms with Crippen molar-refractivity contribution >= 4 is 29.4 Å². The number of benzene rings is 1. The van der Waals surface area contributed by atoms with E-state index in [2.05, 4.69) is 15.6 Å². The smallest absolute Gasteiger partial charge is 0.239 e. The summed E-state index contributed by atoms with van der Waals surface area (Å²) in [4.78, 5) is 38.6. The van der Waals surface area contributed by atoms with Crippen LogP contribution in [-0.2, 0) is 20.8 Å². The molecule has 0 radical (unpaired) electrons. The Bertz CT molecular complexity index is 824. The van der Waals surface area contributed by atoms with E-state index in [1.807, 2.05) is 30.3 Å². The molecule has 0 unspecified atom stereocenters. The van der Waals surface area contributed by atoms with Gasteiger partial charge in [-0.15, -0.1) is 0 Å². The van der Waals surface area contributed by atoms with E-state index < -0.39 is 0 Å². The van der Waals surface area contributed by atoms with Crippen LogP contribution in [0.3, 0.4) is 0 Å². The molecule has 0 bridgehead atoms. The maximum absolute atomic E-state index is 12.7. The van der Waals surface area contributed by atoms with E-state index in [0.29, 0.717) is 12.8 Å². The molecule has 2 aromatic rings. The summed E-state index contributed by atoms with van der Waals surface area (Å²) in [5, 5.41) is 9.95. The predicted octanol–water partition coefficient (Wildman–Crippen LogP) is 1.93. The Kier molecular flexibility index (Phi) is 4.24. The van der Waals surface area contributed by atoms with Crippen LogP contribution in [0, 0.1) is 11.8 Å². The highest BCUT2D eigenvalue weighted by Crippen LogP contribution is 2.40. The van der Waals surface area contributed by atoms with E-state index in [1.54, 1.807) is 0 Å². The fourth-order valence-electron chi connectivity index (χ4n) is 3.74. The largest absolute Gasteiger partial charge is 0.304 e. The van der Waals surface area contributed by atoms with Crippen molar-refractivity contribution in [2.24, 2.45) is 11.8 Å². The molecule has 1 aromatic carbocycles. The van der Waals surface area contributed by atoms with Crippen molar-refractivity contribution in [3.8, 4) is 0 Å². The third-order valence-electron chi connectivity index (χ3n) is 4.99. The molecular formula is C18H18N4O4. The van der Waals surface area contributed by atoms with E-state index in [-0.39, 0.29) is 47.6 Å². The molecule has 2 heterocycles. The van der Waals surface area contributed by atoms with E-state index in [9.17, 15) is 14.4 Å². The monoisotopic (exact) mass is 354 g/mol. The maximum Gasteiger partial charge on any atom is 0.239 e. The number of anilines is 2. The van der Waals surface area contributed by atoms with Crippen LogP contribution in [0.5, 0.6) is 0 Å². The Balaban J connectivity index is 1.52. The van der Waals surface area contributed by atoms with Crippen molar-refractivity contribution in [2.75, 3.05) is 10.2 Å². The second-order valence-electron chi connectivity index (χ2n) is 6.66. The zero-order valence-corrected chi connectivity index (χ0v) is 14.1. The van der Waals surface area contributed by atoms with E-state index in [4.69, 9.17) is 4.63 Å². The third kappa shape index (κ3) is 2.87. The SMILES string of the molecule is O=C(Cc1ccccc1)Nc1nonc1N1C(=O)[C@H]2CCCC[C@H]2C1=O. The normalized spacial score (nSPS) is 22.4. The van der Waals surface area contributed by atoms with Gasteiger partial charge < -0.3 is 5.32 Å². The Morgan fingerprint density at radius 2 is 1.73 bits per heavy atom. The topological polar surface area (TPSA) is 105 Å². The number of nitrogens with one attached hydrogen (secondary N) is 1. The van der Waals surface area contributed by atoms with Crippen LogP contribution in [0.2, 0.25) is 0 Å². The molecule has 2 fully saturated rings. The van der Waals surface area contributed by atoms with Crippen LogP contribution in [0.1, 0.15) is 31.2 Å². The van der Waals surface area contributed by atoms with Crippen LogP contribution < -0.4 is 10.2 Å². The quantitative estimate of drug-likeness (QED) is 0.841. The number of hydrogen-bond acceptors (Lipinski definition) is 6. The second kappa shape index (κ2) is 6.70. The maximum atomic E-state index is 12.7. The van der Waals surface area contributed by atoms with Gasteiger partial charge in [0.15, 0.2) is 0 Å². The van der Waals surface area contributed by atoms with Gasteiger partial charge in [0.1, 0.15) is 0 Å². The molecule has 1 saturated heterocycles. The molecule has 26 heavy (non-hydrogen) atoms. The van der Waals surface area contributed by atoms with Gasteiger partial charge in [0.2, 0.25) is 29.4 Å². The van der Waals surface area contributed by atoms with Crippen LogP contribution in [0.15, 0.2) is 35.0 Å². The van der Waals surface area contributed by atoms with Crippen molar-refractivity contribution < 1.29 is 19.0 Å². The van der Waals surface area contributed by atoms with Crippen LogP contribution in [0.25, 0.3) is 0 Å². The predicted molar refractivity (Wildman–Crippen MR) is 91.0 cm³/mol. The molecule has 1 saturated carbocycles. The lowest BCUT2D eigenvalue weighted by Crippen LogP contribution is -2.32. The number of carbonyl (C=O) groups is 3. The summed E-state index contributed by atoms with van der Waals surface area (Å²) in [6.07, 6.45) is 3.41. The summed E-state index contributed by atoms with van der Waals surface area (Å²) in [6.45, 7) is 0. The van der Waals surface area contributed by atoms with Gasteiger partial charge in [0, 0.05) is 0 Å². The van der Waals surface area contributed by atoms with Gasteiger partial charge in [-0.3, -0.25) is 14.4 Å². The van der Waals surface area contributed by atoms with Gasteiger partial charge in [0.25, 0.3) is 0 Å². The minimum atomic E-state index is -0.329. The fraction of sp³-hybridized carbons (Fsp3) is 0.389. The van der Waals surface area contributed by atoms with Gasteiger partial charge in [-0.25, -0.2) is 9.53 Å². The third-order valence-corrected chi connectivity index (χ3v) is 4.99. The first-order valence-corrected chi connectivity index (χ1v) is 8.69. The average molecular weight is 354 g/mol. The Morgan fingerprint density at radius 3 is 2.38 bits per heavy atom. The number of carbonyl (C=O) groups excluding carboxylic acids is 3. The van der Waals surface area contributed by atoms with E-state index in [0.717, 1.165) is 23.3 Å². The molecule has 3 amide bonds. The molecule has 4 rings (SSSR count). The number of fused-ring (bicyclic) bond motifs is 1. The zero-order valence-electron chi connectivity index (χ0n) is 14.1. The van der Waals surface area contributed by atoms with Crippen molar-refractivity contribution in [3.05, 3.63) is 35.9 Å². The summed E-state index contributed by atoms with van der Waals surface area (Å²) >= 11 is 0. The number of amides is 3. The molecule has 2 aliphatic rings. The first-order chi connectivity index (χ1) is 12.6. The summed E-state index contributed by atoms with van der Waals surface area (Å²) < 4.78 is 4.70. The Morgan fingerprint density at radius 1 is 1.08 bits per heavy atom. The molecule has 1 aromatic heterocycles. The molecule has 0 spiro atoms. The molecule has 1 N–H and O–H groups in total. The lowest BCUT2D eigenvalue weighted by molar-refractivity contribution is -0.122. The summed E-state index contributed by atoms with van der Waals surface area (Å²) in [6, 6.07) is 9.22. The second-order valence-corrected chi connectivity index (χ2v) is 6.66.